The molecule has 1 saturated carbocycles. The third-order valence-electron chi connectivity index (χ3n) is 4.91. The molecular weight excluding hydrogens is 342 g/mol. The van der Waals surface area contributed by atoms with E-state index in [4.69, 9.17) is 0 Å². The first-order chi connectivity index (χ1) is 13.0. The van der Waals surface area contributed by atoms with Crippen LogP contribution in [0.4, 0.5) is 11.4 Å². The molecule has 27 heavy (non-hydrogen) atoms. The van der Waals surface area contributed by atoms with Crippen molar-refractivity contribution in [2.45, 2.75) is 38.6 Å². The van der Waals surface area contributed by atoms with Gasteiger partial charge in [0.2, 0.25) is 0 Å². The standard InChI is InChI=1S/C21H25N3O3/c1-14(2)18(15-6-4-3-5-7-15)13-22-21(25)16-8-11-19(23-17-9-10-17)20(12-16)24(26)27/h3-8,11-12,14,17-18,23H,9-10,13H2,1-2H3,(H,22,25). The molecule has 2 aromatic rings. The number of hydrogen-bond acceptors (Lipinski definition) is 4. The van der Waals surface area contributed by atoms with Gasteiger partial charge in [0.1, 0.15) is 5.69 Å². The topological polar surface area (TPSA) is 84.3 Å². The molecular formula is C21H25N3O3. The lowest BCUT2D eigenvalue weighted by Crippen LogP contribution is -2.30. The molecule has 0 saturated heterocycles. The van der Waals surface area contributed by atoms with Crippen molar-refractivity contribution < 1.29 is 9.72 Å². The summed E-state index contributed by atoms with van der Waals surface area (Å²) in [4.78, 5) is 23.5. The van der Waals surface area contributed by atoms with Crippen LogP contribution in [0.5, 0.6) is 0 Å². The van der Waals surface area contributed by atoms with Crippen LogP contribution in [0.15, 0.2) is 48.5 Å². The number of anilines is 1. The van der Waals surface area contributed by atoms with E-state index in [0.717, 1.165) is 12.8 Å². The average molecular weight is 367 g/mol. The zero-order chi connectivity index (χ0) is 19.4. The highest BCUT2D eigenvalue weighted by molar-refractivity contribution is 5.95. The lowest BCUT2D eigenvalue weighted by atomic mass is 9.88. The van der Waals surface area contributed by atoms with Crippen LogP contribution in [-0.4, -0.2) is 23.4 Å². The number of nitro benzene ring substituents is 1. The van der Waals surface area contributed by atoms with E-state index in [1.54, 1.807) is 12.1 Å². The number of benzene rings is 2. The second kappa shape index (κ2) is 8.20. The number of carbonyl (C=O) groups excluding carboxylic acids is 1. The maximum atomic E-state index is 12.6. The Balaban J connectivity index is 1.71. The summed E-state index contributed by atoms with van der Waals surface area (Å²) < 4.78 is 0. The molecule has 0 aliphatic heterocycles. The lowest BCUT2D eigenvalue weighted by molar-refractivity contribution is -0.384. The van der Waals surface area contributed by atoms with Crippen LogP contribution in [0.1, 0.15) is 48.5 Å². The van der Waals surface area contributed by atoms with Crippen molar-refractivity contribution in [1.82, 2.24) is 5.32 Å². The van der Waals surface area contributed by atoms with Crippen LogP contribution in [0.2, 0.25) is 0 Å². The van der Waals surface area contributed by atoms with Crippen molar-refractivity contribution in [1.29, 1.82) is 0 Å². The maximum absolute atomic E-state index is 12.6. The Hall–Kier alpha value is -2.89. The average Bonchev–Trinajstić information content (AvgIpc) is 3.46. The second-order valence-electron chi connectivity index (χ2n) is 7.38. The highest BCUT2D eigenvalue weighted by atomic mass is 16.6. The monoisotopic (exact) mass is 367 g/mol. The Bertz CT molecular complexity index is 817. The molecule has 1 aliphatic carbocycles. The first kappa shape index (κ1) is 18.9. The number of nitrogens with zero attached hydrogens (tertiary/aromatic N) is 1. The zero-order valence-corrected chi connectivity index (χ0v) is 15.6. The van der Waals surface area contributed by atoms with Gasteiger partial charge in [-0.05, 0) is 36.5 Å². The Morgan fingerprint density at radius 2 is 1.89 bits per heavy atom. The van der Waals surface area contributed by atoms with Gasteiger partial charge in [0.15, 0.2) is 0 Å². The molecule has 1 atom stereocenters. The molecule has 2 N–H and O–H groups in total. The van der Waals surface area contributed by atoms with Crippen LogP contribution < -0.4 is 10.6 Å². The summed E-state index contributed by atoms with van der Waals surface area (Å²) in [6.45, 7) is 4.72. The summed E-state index contributed by atoms with van der Waals surface area (Å²) in [7, 11) is 0. The Morgan fingerprint density at radius 3 is 2.48 bits per heavy atom. The van der Waals surface area contributed by atoms with Gasteiger partial charge in [-0.15, -0.1) is 0 Å². The lowest BCUT2D eigenvalue weighted by Gasteiger charge is -2.22. The largest absolute Gasteiger partial charge is 0.377 e. The highest BCUT2D eigenvalue weighted by Gasteiger charge is 2.26. The van der Waals surface area contributed by atoms with E-state index < -0.39 is 4.92 Å². The molecule has 1 aliphatic rings. The van der Waals surface area contributed by atoms with Crippen molar-refractivity contribution in [3.8, 4) is 0 Å². The third-order valence-corrected chi connectivity index (χ3v) is 4.91. The van der Waals surface area contributed by atoms with E-state index in [-0.39, 0.29) is 17.5 Å². The summed E-state index contributed by atoms with van der Waals surface area (Å²) in [5.41, 5.74) is 1.89. The van der Waals surface area contributed by atoms with Crippen molar-refractivity contribution in [3.63, 3.8) is 0 Å². The van der Waals surface area contributed by atoms with Gasteiger partial charge in [-0.1, -0.05) is 44.2 Å². The summed E-state index contributed by atoms with van der Waals surface area (Å²) in [5, 5.41) is 17.5. The van der Waals surface area contributed by atoms with Gasteiger partial charge in [0, 0.05) is 30.1 Å². The summed E-state index contributed by atoms with van der Waals surface area (Å²) in [5.74, 6) is 0.241. The second-order valence-corrected chi connectivity index (χ2v) is 7.38. The van der Waals surface area contributed by atoms with Gasteiger partial charge in [0.25, 0.3) is 11.6 Å². The zero-order valence-electron chi connectivity index (χ0n) is 15.6. The molecule has 0 aromatic heterocycles. The normalized spacial score (nSPS) is 14.6. The fourth-order valence-corrected chi connectivity index (χ4v) is 3.14. The van der Waals surface area contributed by atoms with Crippen molar-refractivity contribution in [2.24, 2.45) is 5.92 Å². The molecule has 6 heteroatoms. The van der Waals surface area contributed by atoms with E-state index in [2.05, 4.69) is 36.6 Å². The van der Waals surface area contributed by atoms with Crippen molar-refractivity contribution in [3.05, 3.63) is 69.8 Å². The highest BCUT2D eigenvalue weighted by Crippen LogP contribution is 2.31. The number of nitrogens with one attached hydrogen (secondary N) is 2. The van der Waals surface area contributed by atoms with Crippen LogP contribution in [0.3, 0.4) is 0 Å². The minimum atomic E-state index is -0.442. The SMILES string of the molecule is CC(C)C(CNC(=O)c1ccc(NC2CC2)c([N+](=O)[O-])c1)c1ccccc1. The van der Waals surface area contributed by atoms with Gasteiger partial charge in [-0.3, -0.25) is 14.9 Å². The minimum absolute atomic E-state index is 0.0574. The Labute approximate surface area is 159 Å². The predicted octanol–water partition coefficient (Wildman–Crippen LogP) is 4.34. The van der Waals surface area contributed by atoms with Crippen LogP contribution in [0, 0.1) is 16.0 Å². The summed E-state index contributed by atoms with van der Waals surface area (Å²) >= 11 is 0. The maximum Gasteiger partial charge on any atom is 0.293 e. The first-order valence-corrected chi connectivity index (χ1v) is 9.34. The van der Waals surface area contributed by atoms with Gasteiger partial charge < -0.3 is 10.6 Å². The molecule has 2 aromatic carbocycles. The molecule has 6 nitrogen and oxygen atoms in total. The van der Waals surface area contributed by atoms with Crippen LogP contribution >= 0.6 is 0 Å². The summed E-state index contributed by atoms with van der Waals surface area (Å²) in [6.07, 6.45) is 2.05. The fraction of sp³-hybridized carbons (Fsp3) is 0.381. The molecule has 142 valence electrons. The van der Waals surface area contributed by atoms with Crippen molar-refractivity contribution in [2.75, 3.05) is 11.9 Å². The fourth-order valence-electron chi connectivity index (χ4n) is 3.14. The molecule has 1 unspecified atom stereocenters. The molecule has 0 spiro atoms. The Kier molecular flexibility index (Phi) is 5.74. The molecule has 1 fully saturated rings. The van der Waals surface area contributed by atoms with Crippen LogP contribution in [0.25, 0.3) is 0 Å². The quantitative estimate of drug-likeness (QED) is 0.537. The van der Waals surface area contributed by atoms with Crippen molar-refractivity contribution >= 4 is 17.3 Å². The van der Waals surface area contributed by atoms with Gasteiger partial charge in [-0.25, -0.2) is 0 Å². The third kappa shape index (κ3) is 4.84. The van der Waals surface area contributed by atoms with E-state index in [9.17, 15) is 14.9 Å². The molecule has 0 radical (unpaired) electrons. The summed E-state index contributed by atoms with van der Waals surface area (Å²) in [6, 6.07) is 15.0. The molecule has 3 rings (SSSR count). The van der Waals surface area contributed by atoms with Gasteiger partial charge >= 0.3 is 0 Å². The number of nitro groups is 1. The van der Waals surface area contributed by atoms with Crippen LogP contribution in [-0.2, 0) is 0 Å². The molecule has 1 amide bonds. The number of carbonyl (C=O) groups is 1. The van der Waals surface area contributed by atoms with E-state index in [1.807, 2.05) is 18.2 Å². The first-order valence-electron chi connectivity index (χ1n) is 9.34. The Morgan fingerprint density at radius 1 is 1.19 bits per heavy atom. The van der Waals surface area contributed by atoms with Gasteiger partial charge in [-0.2, -0.15) is 0 Å². The van der Waals surface area contributed by atoms with E-state index in [0.29, 0.717) is 29.8 Å². The van der Waals surface area contributed by atoms with Gasteiger partial charge in [0.05, 0.1) is 4.92 Å². The smallest absolute Gasteiger partial charge is 0.293 e. The predicted molar refractivity (Wildman–Crippen MR) is 106 cm³/mol. The molecule has 0 bridgehead atoms. The van der Waals surface area contributed by atoms with E-state index in [1.165, 1.54) is 11.6 Å². The van der Waals surface area contributed by atoms with E-state index >= 15 is 0 Å². The number of amides is 1. The minimum Gasteiger partial charge on any atom is -0.377 e. The molecule has 0 heterocycles. The number of rotatable bonds is 8. The number of hydrogen-bond donors (Lipinski definition) is 2.